The number of carboxylic acid groups (broad SMARTS) is 1. The van der Waals surface area contributed by atoms with E-state index in [2.05, 4.69) is 28.0 Å². The summed E-state index contributed by atoms with van der Waals surface area (Å²) in [5.74, 6) is -0.792. The smallest absolute Gasteiger partial charge is 0.303 e. The van der Waals surface area contributed by atoms with Crippen LogP contribution in [0.5, 0.6) is 0 Å². The Bertz CT molecular complexity index is 274. The van der Waals surface area contributed by atoms with Crippen molar-refractivity contribution in [1.29, 1.82) is 0 Å². The van der Waals surface area contributed by atoms with Crippen LogP contribution in [0, 0.1) is 0 Å². The van der Waals surface area contributed by atoms with E-state index in [9.17, 15) is 4.79 Å². The topological polar surface area (TPSA) is 78.9 Å². The molecule has 0 aliphatic rings. The van der Waals surface area contributed by atoms with Crippen molar-refractivity contribution in [2.75, 3.05) is 0 Å². The summed E-state index contributed by atoms with van der Waals surface area (Å²) in [6.45, 7) is 0. The van der Waals surface area contributed by atoms with Crippen molar-refractivity contribution in [3.05, 3.63) is 5.69 Å². The molecule has 6 heteroatoms. The highest BCUT2D eigenvalue weighted by Gasteiger charge is 2.04. The number of hydrogen-bond donors (Lipinski definition) is 3. The summed E-state index contributed by atoms with van der Waals surface area (Å²) >= 11 is 4.05. The van der Waals surface area contributed by atoms with Crippen molar-refractivity contribution in [3.63, 3.8) is 0 Å². The highest BCUT2D eigenvalue weighted by atomic mass is 32.1. The predicted octanol–water partition coefficient (Wildman–Crippen LogP) is 0.501. The first-order valence-corrected chi connectivity index (χ1v) is 3.95. The van der Waals surface area contributed by atoms with Gasteiger partial charge in [-0.3, -0.25) is 9.89 Å². The van der Waals surface area contributed by atoms with Crippen LogP contribution in [0.3, 0.4) is 0 Å². The Kier molecular flexibility index (Phi) is 3.09. The second-order valence-corrected chi connectivity index (χ2v) is 2.80. The van der Waals surface area contributed by atoms with Crippen LogP contribution in [0.2, 0.25) is 0 Å². The van der Waals surface area contributed by atoms with Gasteiger partial charge in [-0.15, -0.1) is 17.7 Å². The van der Waals surface area contributed by atoms with Gasteiger partial charge in [-0.1, -0.05) is 5.21 Å². The lowest BCUT2D eigenvalue weighted by molar-refractivity contribution is -0.137. The SMILES string of the molecule is O=C(O)CCCc1nn[nH]c1S. The third-order valence-electron chi connectivity index (χ3n) is 1.40. The molecule has 0 atom stereocenters. The summed E-state index contributed by atoms with van der Waals surface area (Å²) < 4.78 is 0. The molecule has 0 bridgehead atoms. The Morgan fingerprint density at radius 2 is 2.42 bits per heavy atom. The van der Waals surface area contributed by atoms with Gasteiger partial charge in [0.05, 0.1) is 5.69 Å². The monoisotopic (exact) mass is 187 g/mol. The molecule has 0 fully saturated rings. The van der Waals surface area contributed by atoms with Gasteiger partial charge in [-0.2, -0.15) is 0 Å². The number of aryl methyl sites for hydroxylation is 1. The van der Waals surface area contributed by atoms with Gasteiger partial charge in [0.1, 0.15) is 5.03 Å². The Hall–Kier alpha value is -1.04. The Morgan fingerprint density at radius 1 is 1.67 bits per heavy atom. The highest BCUT2D eigenvalue weighted by Crippen LogP contribution is 2.08. The largest absolute Gasteiger partial charge is 0.481 e. The molecule has 0 unspecified atom stereocenters. The second kappa shape index (κ2) is 4.10. The number of aliphatic carboxylic acids is 1. The van der Waals surface area contributed by atoms with Crippen LogP contribution < -0.4 is 0 Å². The van der Waals surface area contributed by atoms with Crippen LogP contribution >= 0.6 is 12.6 Å². The second-order valence-electron chi connectivity index (χ2n) is 2.35. The van der Waals surface area contributed by atoms with Crippen molar-refractivity contribution in [3.8, 4) is 0 Å². The number of aromatic amines is 1. The van der Waals surface area contributed by atoms with Crippen LogP contribution in [0.15, 0.2) is 5.03 Å². The van der Waals surface area contributed by atoms with Crippen LogP contribution in [0.1, 0.15) is 18.5 Å². The van der Waals surface area contributed by atoms with E-state index < -0.39 is 5.97 Å². The van der Waals surface area contributed by atoms with E-state index in [1.54, 1.807) is 0 Å². The summed E-state index contributed by atoms with van der Waals surface area (Å²) in [6, 6.07) is 0. The summed E-state index contributed by atoms with van der Waals surface area (Å²) in [5, 5.41) is 18.8. The zero-order chi connectivity index (χ0) is 8.97. The molecule has 0 amide bonds. The van der Waals surface area contributed by atoms with E-state index in [1.807, 2.05) is 0 Å². The van der Waals surface area contributed by atoms with E-state index in [1.165, 1.54) is 0 Å². The number of nitrogens with zero attached hydrogens (tertiary/aromatic N) is 2. The van der Waals surface area contributed by atoms with Crippen LogP contribution in [0.4, 0.5) is 0 Å². The molecule has 2 N–H and O–H groups in total. The van der Waals surface area contributed by atoms with Crippen molar-refractivity contribution in [2.24, 2.45) is 0 Å². The quantitative estimate of drug-likeness (QED) is 0.600. The summed E-state index contributed by atoms with van der Waals surface area (Å²) in [6.07, 6.45) is 1.32. The number of carboxylic acids is 1. The van der Waals surface area contributed by atoms with Crippen LogP contribution in [-0.2, 0) is 11.2 Å². The number of thiol groups is 1. The molecule has 0 aliphatic heterocycles. The fourth-order valence-electron chi connectivity index (χ4n) is 0.820. The predicted molar refractivity (Wildman–Crippen MR) is 44.2 cm³/mol. The average Bonchev–Trinajstić information content (AvgIpc) is 2.36. The Balaban J connectivity index is 2.33. The van der Waals surface area contributed by atoms with Crippen molar-refractivity contribution < 1.29 is 9.90 Å². The van der Waals surface area contributed by atoms with Gasteiger partial charge in [0, 0.05) is 6.42 Å². The zero-order valence-corrected chi connectivity index (χ0v) is 7.21. The Morgan fingerprint density at radius 3 is 2.92 bits per heavy atom. The van der Waals surface area contributed by atoms with Gasteiger partial charge >= 0.3 is 5.97 Å². The molecule has 0 saturated carbocycles. The molecule has 0 saturated heterocycles. The minimum atomic E-state index is -0.792. The standard InChI is InChI=1S/C6H9N3O2S/c10-5(11)3-1-2-4-6(12)8-9-7-4/h1-3H2,(H,10,11)(H2,7,8,9,12). The molecule has 1 aromatic rings. The molecule has 1 heterocycles. The fourth-order valence-corrected chi connectivity index (χ4v) is 1.02. The number of nitrogens with one attached hydrogen (secondary N) is 1. The van der Waals surface area contributed by atoms with Gasteiger partial charge < -0.3 is 5.11 Å². The van der Waals surface area contributed by atoms with E-state index in [0.717, 1.165) is 5.69 Å². The van der Waals surface area contributed by atoms with Crippen molar-refractivity contribution >= 4 is 18.6 Å². The maximum atomic E-state index is 10.1. The van der Waals surface area contributed by atoms with Crippen molar-refractivity contribution in [1.82, 2.24) is 15.4 Å². The molecule has 1 aromatic heterocycles. The number of hydrogen-bond acceptors (Lipinski definition) is 4. The van der Waals surface area contributed by atoms with E-state index in [4.69, 9.17) is 5.11 Å². The maximum Gasteiger partial charge on any atom is 0.303 e. The third kappa shape index (κ3) is 2.54. The molecule has 12 heavy (non-hydrogen) atoms. The molecule has 0 radical (unpaired) electrons. The first-order valence-electron chi connectivity index (χ1n) is 3.51. The molecule has 66 valence electrons. The van der Waals surface area contributed by atoms with Gasteiger partial charge in [-0.25, -0.2) is 0 Å². The highest BCUT2D eigenvalue weighted by molar-refractivity contribution is 7.80. The minimum Gasteiger partial charge on any atom is -0.481 e. The number of rotatable bonds is 4. The minimum absolute atomic E-state index is 0.153. The summed E-state index contributed by atoms with van der Waals surface area (Å²) in [7, 11) is 0. The normalized spacial score (nSPS) is 10.1. The number of H-pyrrole nitrogens is 1. The van der Waals surface area contributed by atoms with Crippen molar-refractivity contribution in [2.45, 2.75) is 24.3 Å². The van der Waals surface area contributed by atoms with Gasteiger partial charge in [0.15, 0.2) is 0 Å². The van der Waals surface area contributed by atoms with Gasteiger partial charge in [0.25, 0.3) is 0 Å². The molecule has 0 aliphatic carbocycles. The Labute approximate surface area is 74.6 Å². The first kappa shape index (κ1) is 9.05. The summed E-state index contributed by atoms with van der Waals surface area (Å²) in [4.78, 5) is 10.1. The molecular formula is C6H9N3O2S. The number of carbonyl (C=O) groups is 1. The third-order valence-corrected chi connectivity index (χ3v) is 1.76. The maximum absolute atomic E-state index is 10.1. The molecule has 1 rings (SSSR count). The number of aromatic nitrogens is 3. The average molecular weight is 187 g/mol. The molecular weight excluding hydrogens is 178 g/mol. The van der Waals surface area contributed by atoms with Gasteiger partial charge in [-0.05, 0) is 12.8 Å². The lowest BCUT2D eigenvalue weighted by atomic mass is 10.2. The van der Waals surface area contributed by atoms with Gasteiger partial charge in [0.2, 0.25) is 0 Å². The molecule has 0 spiro atoms. The molecule has 0 aromatic carbocycles. The first-order chi connectivity index (χ1) is 5.70. The summed E-state index contributed by atoms with van der Waals surface area (Å²) in [5.41, 5.74) is 0.722. The van der Waals surface area contributed by atoms with E-state index in [0.29, 0.717) is 17.9 Å². The van der Waals surface area contributed by atoms with E-state index >= 15 is 0 Å². The lowest BCUT2D eigenvalue weighted by Gasteiger charge is -1.93. The van der Waals surface area contributed by atoms with E-state index in [-0.39, 0.29) is 6.42 Å². The lowest BCUT2D eigenvalue weighted by Crippen LogP contribution is -1.96. The fraction of sp³-hybridized carbons (Fsp3) is 0.500. The van der Waals surface area contributed by atoms with Crippen LogP contribution in [-0.4, -0.2) is 26.5 Å². The zero-order valence-electron chi connectivity index (χ0n) is 6.32. The van der Waals surface area contributed by atoms with Crippen LogP contribution in [0.25, 0.3) is 0 Å². The molecule has 5 nitrogen and oxygen atoms in total.